The maximum atomic E-state index is 12.7. The topological polar surface area (TPSA) is 106 Å². The minimum Gasteiger partial charge on any atom is -0.392 e. The molecule has 1 aromatic heterocycles. The van der Waals surface area contributed by atoms with Crippen molar-refractivity contribution >= 4 is 17.7 Å². The first kappa shape index (κ1) is 26.6. The van der Waals surface area contributed by atoms with E-state index in [1.807, 2.05) is 12.3 Å². The van der Waals surface area contributed by atoms with Crippen LogP contribution in [0.3, 0.4) is 0 Å². The number of likely N-dealkylation sites (tertiary alicyclic amines) is 1. The summed E-state index contributed by atoms with van der Waals surface area (Å²) in [4.78, 5) is 27.4. The highest BCUT2D eigenvalue weighted by Gasteiger charge is 2.36. The van der Waals surface area contributed by atoms with E-state index in [2.05, 4.69) is 30.7 Å². The largest absolute Gasteiger partial charge is 0.392 e. The summed E-state index contributed by atoms with van der Waals surface area (Å²) >= 11 is 0. The summed E-state index contributed by atoms with van der Waals surface area (Å²) in [6, 6.07) is 3.00. The Morgan fingerprint density at radius 1 is 1.03 bits per heavy atom. The first-order chi connectivity index (χ1) is 18.2. The van der Waals surface area contributed by atoms with Gasteiger partial charge in [0.25, 0.3) is 0 Å². The van der Waals surface area contributed by atoms with Crippen molar-refractivity contribution in [3.05, 3.63) is 12.3 Å². The van der Waals surface area contributed by atoms with Crippen LogP contribution in [0.15, 0.2) is 12.3 Å². The van der Waals surface area contributed by atoms with Crippen LogP contribution in [0.4, 0.5) is 11.8 Å². The number of piperidine rings is 1. The fraction of sp³-hybridized carbons (Fsp3) is 0.821. The van der Waals surface area contributed by atoms with Gasteiger partial charge in [-0.25, -0.2) is 4.98 Å². The van der Waals surface area contributed by atoms with Gasteiger partial charge in [-0.15, -0.1) is 0 Å². The number of aliphatic hydroxyl groups excluding tert-OH is 1. The number of β-amino-alcohol motifs (C(OH)–C–C–N with tert-alkyl or cyclic N) is 1. The van der Waals surface area contributed by atoms with Gasteiger partial charge in [-0.3, -0.25) is 9.69 Å². The zero-order valence-corrected chi connectivity index (χ0v) is 22.4. The van der Waals surface area contributed by atoms with Gasteiger partial charge in [0.15, 0.2) is 0 Å². The predicted molar refractivity (Wildman–Crippen MR) is 147 cm³/mol. The summed E-state index contributed by atoms with van der Waals surface area (Å²) < 4.78 is 0. The number of hydrogen-bond acceptors (Lipinski definition) is 8. The molecule has 4 aliphatic rings. The Balaban J connectivity index is 1.25. The summed E-state index contributed by atoms with van der Waals surface area (Å²) in [6.07, 6.45) is 16.8. The van der Waals surface area contributed by atoms with Crippen molar-refractivity contribution in [3.63, 3.8) is 0 Å². The number of carbonyl (C=O) groups excluding carboxylic acids is 1. The molecular formula is C28H47N7O2. The van der Waals surface area contributed by atoms with Gasteiger partial charge in [0.1, 0.15) is 5.82 Å². The molecule has 1 saturated carbocycles. The van der Waals surface area contributed by atoms with Gasteiger partial charge in [0, 0.05) is 50.5 Å². The minimum absolute atomic E-state index is 0.00886. The Kier molecular flexibility index (Phi) is 9.50. The van der Waals surface area contributed by atoms with Crippen LogP contribution < -0.4 is 20.9 Å². The monoisotopic (exact) mass is 513 g/mol. The number of nitrogens with zero attached hydrogens (tertiary/aromatic N) is 4. The molecule has 1 aliphatic carbocycles. The molecule has 9 nitrogen and oxygen atoms in total. The number of carbonyl (C=O) groups is 1. The molecule has 0 radical (unpaired) electrons. The van der Waals surface area contributed by atoms with Gasteiger partial charge < -0.3 is 26.0 Å². The van der Waals surface area contributed by atoms with Crippen LogP contribution in [0, 0.1) is 0 Å². The number of amides is 1. The quantitative estimate of drug-likeness (QED) is 0.421. The van der Waals surface area contributed by atoms with Crippen molar-refractivity contribution in [2.75, 3.05) is 42.9 Å². The highest BCUT2D eigenvalue weighted by atomic mass is 16.3. The molecule has 0 aromatic carbocycles. The van der Waals surface area contributed by atoms with Crippen molar-refractivity contribution in [2.24, 2.45) is 0 Å². The smallest absolute Gasteiger partial charge is 0.237 e. The van der Waals surface area contributed by atoms with E-state index >= 15 is 0 Å². The molecule has 3 aliphatic heterocycles. The van der Waals surface area contributed by atoms with Gasteiger partial charge in [0.2, 0.25) is 11.9 Å². The van der Waals surface area contributed by atoms with Crippen LogP contribution in [0.5, 0.6) is 0 Å². The van der Waals surface area contributed by atoms with Crippen molar-refractivity contribution < 1.29 is 9.90 Å². The van der Waals surface area contributed by atoms with E-state index in [-0.39, 0.29) is 18.0 Å². The third-order valence-corrected chi connectivity index (χ3v) is 8.91. The van der Waals surface area contributed by atoms with Crippen LogP contribution in [0.1, 0.15) is 83.5 Å². The summed E-state index contributed by atoms with van der Waals surface area (Å²) in [5, 5.41) is 19.8. The second-order valence-electron chi connectivity index (χ2n) is 11.6. The normalized spacial score (nSPS) is 30.1. The van der Waals surface area contributed by atoms with Gasteiger partial charge in [-0.1, -0.05) is 32.1 Å². The zero-order chi connectivity index (χ0) is 25.5. The molecule has 37 heavy (non-hydrogen) atoms. The summed E-state index contributed by atoms with van der Waals surface area (Å²) in [6.45, 7) is 4.42. The van der Waals surface area contributed by atoms with E-state index in [4.69, 9.17) is 4.98 Å². The molecule has 4 N–H and O–H groups in total. The Labute approximate surface area is 222 Å². The van der Waals surface area contributed by atoms with Gasteiger partial charge in [-0.2, -0.15) is 4.98 Å². The molecular weight excluding hydrogens is 466 g/mol. The van der Waals surface area contributed by atoms with Crippen molar-refractivity contribution in [3.8, 4) is 0 Å². The summed E-state index contributed by atoms with van der Waals surface area (Å²) in [5.74, 6) is 1.78. The van der Waals surface area contributed by atoms with E-state index in [1.165, 1.54) is 64.2 Å². The Morgan fingerprint density at radius 3 is 2.57 bits per heavy atom. The molecule has 4 atom stereocenters. The highest BCUT2D eigenvalue weighted by molar-refractivity contribution is 5.82. The number of aromatic nitrogens is 2. The minimum atomic E-state index is -0.422. The predicted octanol–water partition coefficient (Wildman–Crippen LogP) is 2.66. The van der Waals surface area contributed by atoms with E-state index < -0.39 is 6.10 Å². The highest BCUT2D eigenvalue weighted by Crippen LogP contribution is 2.31. The van der Waals surface area contributed by atoms with Gasteiger partial charge >= 0.3 is 0 Å². The molecule has 0 spiro atoms. The standard InChI is InChI=1S/C28H47N7O2/c36-22-19-24(31-20-22)27(37)29-14-12-25-23(11-8-18-35(25)21-9-4-3-5-10-21)32-28-30-15-13-26(33-28)34-16-6-1-2-7-17-34/h13,15,21-25,31,36H,1-12,14,16-20H2,(H,29,37)(H,30,32,33)/t22-,23?,24+,25?/m0/s1. The maximum absolute atomic E-state index is 12.7. The molecule has 4 fully saturated rings. The number of hydrogen-bond donors (Lipinski definition) is 4. The lowest BCUT2D eigenvalue weighted by atomic mass is 9.87. The Bertz CT molecular complexity index is 857. The van der Waals surface area contributed by atoms with Crippen LogP contribution in [-0.2, 0) is 4.79 Å². The van der Waals surface area contributed by atoms with Gasteiger partial charge in [0.05, 0.1) is 12.1 Å². The lowest BCUT2D eigenvalue weighted by molar-refractivity contribution is -0.123. The average molecular weight is 514 g/mol. The third-order valence-electron chi connectivity index (χ3n) is 8.91. The maximum Gasteiger partial charge on any atom is 0.237 e. The molecule has 1 amide bonds. The van der Waals surface area contributed by atoms with Gasteiger partial charge in [-0.05, 0) is 64.0 Å². The summed E-state index contributed by atoms with van der Waals surface area (Å²) in [5.41, 5.74) is 0. The second-order valence-corrected chi connectivity index (χ2v) is 11.6. The molecule has 4 heterocycles. The van der Waals surface area contributed by atoms with Crippen LogP contribution >= 0.6 is 0 Å². The fourth-order valence-corrected chi connectivity index (χ4v) is 6.93. The molecule has 5 rings (SSSR count). The van der Waals surface area contributed by atoms with E-state index in [1.54, 1.807) is 0 Å². The van der Waals surface area contributed by atoms with Crippen molar-refractivity contribution in [1.29, 1.82) is 0 Å². The molecule has 0 bridgehead atoms. The molecule has 3 saturated heterocycles. The third kappa shape index (κ3) is 7.12. The average Bonchev–Trinajstić information content (AvgIpc) is 3.18. The lowest BCUT2D eigenvalue weighted by Crippen LogP contribution is -2.56. The molecule has 1 aromatic rings. The van der Waals surface area contributed by atoms with Crippen molar-refractivity contribution in [1.82, 2.24) is 25.5 Å². The zero-order valence-electron chi connectivity index (χ0n) is 22.4. The molecule has 2 unspecified atom stereocenters. The number of nitrogens with one attached hydrogen (secondary N) is 3. The first-order valence-electron chi connectivity index (χ1n) is 15.0. The van der Waals surface area contributed by atoms with E-state index in [9.17, 15) is 9.90 Å². The number of aliphatic hydroxyl groups is 1. The van der Waals surface area contributed by atoms with Crippen LogP contribution in [0.2, 0.25) is 0 Å². The van der Waals surface area contributed by atoms with E-state index in [0.717, 1.165) is 44.2 Å². The number of anilines is 2. The lowest BCUT2D eigenvalue weighted by Gasteiger charge is -2.47. The molecule has 9 heteroatoms. The Morgan fingerprint density at radius 2 is 1.81 bits per heavy atom. The second kappa shape index (κ2) is 13.2. The SMILES string of the molecule is O=C(NCCC1C(Nc2nccc(N3CCCCCC3)n2)CCCN1C1CCCCC1)[C@H]1C[C@H](O)CN1. The fourth-order valence-electron chi connectivity index (χ4n) is 6.93. The summed E-state index contributed by atoms with van der Waals surface area (Å²) in [7, 11) is 0. The molecule has 206 valence electrons. The van der Waals surface area contributed by atoms with Crippen LogP contribution in [-0.4, -0.2) is 88.9 Å². The van der Waals surface area contributed by atoms with Crippen molar-refractivity contribution in [2.45, 2.75) is 114 Å². The first-order valence-corrected chi connectivity index (χ1v) is 15.0. The van der Waals surface area contributed by atoms with Crippen LogP contribution in [0.25, 0.3) is 0 Å². The Hall–Kier alpha value is -1.97. The van der Waals surface area contributed by atoms with E-state index in [0.29, 0.717) is 31.6 Å². The number of rotatable bonds is 8.